The Labute approximate surface area is 144 Å². The number of benzene rings is 1. The number of fused-ring (bicyclic) bond motifs is 1. The van der Waals surface area contributed by atoms with Gasteiger partial charge in [-0.3, -0.25) is 14.9 Å². The van der Waals surface area contributed by atoms with Crippen LogP contribution in [0.5, 0.6) is 0 Å². The fraction of sp³-hybridized carbons (Fsp3) is 0.471. The van der Waals surface area contributed by atoms with Gasteiger partial charge in [0.15, 0.2) is 11.7 Å². The standard InChI is InChI=1S/C17H21N3O3S/c1-2-23-16(22)12-6-5-9-20(10-12)11-15(21)19-17-18-13-7-3-4-8-14(13)24-17/h3-4,7-8,12H,2,5-6,9-11H2,1H3,(H,18,19,21)/p+1/t12-/m1/s1. The summed E-state index contributed by atoms with van der Waals surface area (Å²) in [5.41, 5.74) is 0.894. The number of hydrogen-bond donors (Lipinski definition) is 2. The lowest BCUT2D eigenvalue weighted by Gasteiger charge is -2.28. The average molecular weight is 348 g/mol. The summed E-state index contributed by atoms with van der Waals surface area (Å²) in [6, 6.07) is 7.81. The lowest BCUT2D eigenvalue weighted by molar-refractivity contribution is -0.899. The zero-order valence-electron chi connectivity index (χ0n) is 13.7. The van der Waals surface area contributed by atoms with Crippen molar-refractivity contribution in [2.45, 2.75) is 19.8 Å². The Kier molecular flexibility index (Phi) is 5.42. The molecule has 1 unspecified atom stereocenters. The van der Waals surface area contributed by atoms with E-state index < -0.39 is 0 Å². The van der Waals surface area contributed by atoms with E-state index in [9.17, 15) is 9.59 Å². The third-order valence-electron chi connectivity index (χ3n) is 4.19. The highest BCUT2D eigenvalue weighted by Gasteiger charge is 2.30. The zero-order valence-corrected chi connectivity index (χ0v) is 14.5. The van der Waals surface area contributed by atoms with E-state index in [1.807, 2.05) is 31.2 Å². The fourth-order valence-corrected chi connectivity index (χ4v) is 3.97. The number of likely N-dealkylation sites (tertiary alicyclic amines) is 1. The molecule has 24 heavy (non-hydrogen) atoms. The zero-order chi connectivity index (χ0) is 16.9. The van der Waals surface area contributed by atoms with Gasteiger partial charge in [0.25, 0.3) is 5.91 Å². The van der Waals surface area contributed by atoms with Crippen LogP contribution >= 0.6 is 11.3 Å². The molecule has 1 aromatic carbocycles. The highest BCUT2D eigenvalue weighted by molar-refractivity contribution is 7.22. The Bertz CT molecular complexity index is 698. The molecule has 0 saturated carbocycles. The van der Waals surface area contributed by atoms with Gasteiger partial charge in [-0.1, -0.05) is 23.5 Å². The number of para-hydroxylation sites is 1. The van der Waals surface area contributed by atoms with Gasteiger partial charge in [0.2, 0.25) is 0 Å². The molecule has 0 bridgehead atoms. The summed E-state index contributed by atoms with van der Waals surface area (Å²) in [5.74, 6) is -0.293. The second-order valence-electron chi connectivity index (χ2n) is 6.01. The summed E-state index contributed by atoms with van der Waals surface area (Å²) in [7, 11) is 0. The van der Waals surface area contributed by atoms with Crippen molar-refractivity contribution < 1.29 is 19.2 Å². The maximum atomic E-state index is 12.3. The molecule has 128 valence electrons. The van der Waals surface area contributed by atoms with Gasteiger partial charge in [0.05, 0.1) is 29.9 Å². The number of amides is 1. The molecule has 1 amide bonds. The molecule has 1 aliphatic rings. The molecule has 2 aromatic rings. The normalized spacial score (nSPS) is 20.7. The first-order valence-electron chi connectivity index (χ1n) is 8.31. The number of thiazole rings is 1. The summed E-state index contributed by atoms with van der Waals surface area (Å²) in [4.78, 5) is 29.7. The summed E-state index contributed by atoms with van der Waals surface area (Å²) in [6.45, 7) is 4.14. The van der Waals surface area contributed by atoms with Crippen LogP contribution in [0.2, 0.25) is 0 Å². The van der Waals surface area contributed by atoms with Gasteiger partial charge < -0.3 is 9.64 Å². The van der Waals surface area contributed by atoms with Crippen molar-refractivity contribution in [3.05, 3.63) is 24.3 Å². The van der Waals surface area contributed by atoms with Gasteiger partial charge in [-0.05, 0) is 31.9 Å². The number of esters is 1. The van der Waals surface area contributed by atoms with Crippen LogP contribution in [0.1, 0.15) is 19.8 Å². The number of piperidine rings is 1. The Hall–Kier alpha value is -1.99. The molecule has 3 rings (SSSR count). The third-order valence-corrected chi connectivity index (χ3v) is 5.14. The number of rotatable bonds is 5. The molecule has 1 aromatic heterocycles. The molecular weight excluding hydrogens is 326 g/mol. The monoisotopic (exact) mass is 348 g/mol. The van der Waals surface area contributed by atoms with E-state index in [2.05, 4.69) is 10.3 Å². The van der Waals surface area contributed by atoms with E-state index >= 15 is 0 Å². The van der Waals surface area contributed by atoms with E-state index in [0.29, 0.717) is 24.8 Å². The number of hydrogen-bond acceptors (Lipinski definition) is 5. The quantitative estimate of drug-likeness (QED) is 0.794. The average Bonchev–Trinajstić information content (AvgIpc) is 2.97. The summed E-state index contributed by atoms with van der Waals surface area (Å²) < 4.78 is 6.16. The van der Waals surface area contributed by atoms with E-state index in [1.54, 1.807) is 0 Å². The molecule has 0 radical (unpaired) electrons. The van der Waals surface area contributed by atoms with Crippen molar-refractivity contribution in [3.8, 4) is 0 Å². The number of ether oxygens (including phenoxy) is 1. The van der Waals surface area contributed by atoms with Gasteiger partial charge >= 0.3 is 5.97 Å². The second kappa shape index (κ2) is 7.72. The highest BCUT2D eigenvalue weighted by atomic mass is 32.1. The number of anilines is 1. The van der Waals surface area contributed by atoms with Crippen molar-refractivity contribution in [2.75, 3.05) is 31.6 Å². The minimum Gasteiger partial charge on any atom is -0.466 e. The number of carbonyl (C=O) groups excluding carboxylic acids is 2. The molecule has 2 N–H and O–H groups in total. The Morgan fingerprint density at radius 3 is 3.04 bits per heavy atom. The third kappa shape index (κ3) is 4.10. The maximum Gasteiger partial charge on any atom is 0.314 e. The van der Waals surface area contributed by atoms with Crippen LogP contribution in [0.4, 0.5) is 5.13 Å². The largest absolute Gasteiger partial charge is 0.466 e. The number of quaternary nitrogens is 1. The van der Waals surface area contributed by atoms with Crippen molar-refractivity contribution >= 4 is 38.6 Å². The van der Waals surface area contributed by atoms with Crippen molar-refractivity contribution in [2.24, 2.45) is 5.92 Å². The highest BCUT2D eigenvalue weighted by Crippen LogP contribution is 2.25. The SMILES string of the molecule is CCOC(=O)[C@@H]1CCC[NH+](CC(=O)Nc2nc3ccccc3s2)C1. The fourth-order valence-electron chi connectivity index (χ4n) is 3.09. The van der Waals surface area contributed by atoms with Crippen LogP contribution in [0.15, 0.2) is 24.3 Å². The van der Waals surface area contributed by atoms with Crippen LogP contribution in [0, 0.1) is 5.92 Å². The lowest BCUT2D eigenvalue weighted by atomic mass is 9.98. The molecule has 6 nitrogen and oxygen atoms in total. The van der Waals surface area contributed by atoms with Gasteiger partial charge in [-0.25, -0.2) is 4.98 Å². The Morgan fingerprint density at radius 2 is 2.25 bits per heavy atom. The smallest absolute Gasteiger partial charge is 0.314 e. The Morgan fingerprint density at radius 1 is 1.42 bits per heavy atom. The second-order valence-corrected chi connectivity index (χ2v) is 7.04. The summed E-state index contributed by atoms with van der Waals surface area (Å²) in [5, 5.41) is 3.50. The minimum atomic E-state index is -0.138. The summed E-state index contributed by atoms with van der Waals surface area (Å²) >= 11 is 1.47. The van der Waals surface area contributed by atoms with Gasteiger partial charge in [-0.15, -0.1) is 0 Å². The predicted molar refractivity (Wildman–Crippen MR) is 93.2 cm³/mol. The molecular formula is C17H22N3O3S+. The number of carbonyl (C=O) groups is 2. The lowest BCUT2D eigenvalue weighted by Crippen LogP contribution is -3.14. The molecule has 2 heterocycles. The van der Waals surface area contributed by atoms with Gasteiger partial charge in [0.1, 0.15) is 5.92 Å². The molecule has 0 spiro atoms. The molecule has 1 aliphatic heterocycles. The van der Waals surface area contributed by atoms with E-state index in [0.717, 1.165) is 34.5 Å². The molecule has 1 saturated heterocycles. The van der Waals surface area contributed by atoms with Crippen molar-refractivity contribution in [1.29, 1.82) is 0 Å². The molecule has 1 fully saturated rings. The Balaban J connectivity index is 1.55. The van der Waals surface area contributed by atoms with E-state index in [1.165, 1.54) is 11.3 Å². The van der Waals surface area contributed by atoms with Crippen LogP contribution in [-0.2, 0) is 14.3 Å². The topological polar surface area (TPSA) is 72.7 Å². The first-order chi connectivity index (χ1) is 11.7. The number of nitrogens with one attached hydrogen (secondary N) is 2. The van der Waals surface area contributed by atoms with Gasteiger partial charge in [0, 0.05) is 0 Å². The van der Waals surface area contributed by atoms with E-state index in [4.69, 9.17) is 4.74 Å². The number of aromatic nitrogens is 1. The summed E-state index contributed by atoms with van der Waals surface area (Å²) in [6.07, 6.45) is 1.79. The minimum absolute atomic E-state index is 0.0615. The van der Waals surface area contributed by atoms with Crippen LogP contribution in [0.3, 0.4) is 0 Å². The van der Waals surface area contributed by atoms with Gasteiger partial charge in [-0.2, -0.15) is 0 Å². The first-order valence-corrected chi connectivity index (χ1v) is 9.13. The first kappa shape index (κ1) is 16.9. The van der Waals surface area contributed by atoms with Crippen molar-refractivity contribution in [3.63, 3.8) is 0 Å². The maximum absolute atomic E-state index is 12.3. The predicted octanol–water partition coefficient (Wildman–Crippen LogP) is 1.09. The molecule has 2 atom stereocenters. The molecule has 0 aliphatic carbocycles. The van der Waals surface area contributed by atoms with Crippen molar-refractivity contribution in [1.82, 2.24) is 4.98 Å². The van der Waals surface area contributed by atoms with Crippen LogP contribution in [-0.4, -0.2) is 43.1 Å². The van der Waals surface area contributed by atoms with E-state index in [-0.39, 0.29) is 17.8 Å². The molecule has 7 heteroatoms. The van der Waals surface area contributed by atoms with Crippen LogP contribution in [0.25, 0.3) is 10.2 Å². The number of nitrogens with zero attached hydrogens (tertiary/aromatic N) is 1. The van der Waals surface area contributed by atoms with Crippen LogP contribution < -0.4 is 10.2 Å².